The normalized spacial score (nSPS) is 20.7. The molecule has 2 aromatic carbocycles. The Bertz CT molecular complexity index is 799. The molecule has 2 aromatic rings. The Kier molecular flexibility index (Phi) is 5.85. The number of halogens is 3. The fraction of sp³-hybridized carbons (Fsp3) is 0.391. The molecule has 1 fully saturated rings. The molecule has 0 amide bonds. The molecule has 138 valence electrons. The third kappa shape index (κ3) is 4.03. The molecule has 0 heterocycles. The van der Waals surface area contributed by atoms with Gasteiger partial charge in [0.15, 0.2) is 11.6 Å². The van der Waals surface area contributed by atoms with Crippen molar-refractivity contribution in [2.75, 3.05) is 0 Å². The van der Waals surface area contributed by atoms with Crippen LogP contribution in [-0.2, 0) is 6.42 Å². The van der Waals surface area contributed by atoms with Gasteiger partial charge in [-0.1, -0.05) is 43.3 Å². The average molecular weight is 358 g/mol. The highest BCUT2D eigenvalue weighted by molar-refractivity contribution is 5.51. The Morgan fingerprint density at radius 2 is 1.69 bits per heavy atom. The van der Waals surface area contributed by atoms with Gasteiger partial charge in [0.1, 0.15) is 5.82 Å². The van der Waals surface area contributed by atoms with Crippen LogP contribution in [-0.4, -0.2) is 0 Å². The zero-order chi connectivity index (χ0) is 18.7. The highest BCUT2D eigenvalue weighted by Crippen LogP contribution is 2.37. The molecule has 0 unspecified atom stereocenters. The molecule has 0 atom stereocenters. The second-order valence-corrected chi connectivity index (χ2v) is 7.28. The first-order chi connectivity index (χ1) is 12.5. The Morgan fingerprint density at radius 3 is 2.35 bits per heavy atom. The minimum atomic E-state index is -0.784. The summed E-state index contributed by atoms with van der Waals surface area (Å²) >= 11 is 0. The smallest absolute Gasteiger partial charge is 0.166 e. The van der Waals surface area contributed by atoms with Gasteiger partial charge in [-0.3, -0.25) is 0 Å². The van der Waals surface area contributed by atoms with Crippen LogP contribution in [0.25, 0.3) is 6.08 Å². The topological polar surface area (TPSA) is 0 Å². The van der Waals surface area contributed by atoms with Crippen LogP contribution in [0.5, 0.6) is 0 Å². The Hall–Kier alpha value is -2.03. The Labute approximate surface area is 153 Å². The number of benzene rings is 2. The van der Waals surface area contributed by atoms with Crippen molar-refractivity contribution in [1.82, 2.24) is 0 Å². The largest absolute Gasteiger partial charge is 0.207 e. The maximum absolute atomic E-state index is 14.3. The molecule has 0 nitrogen and oxygen atoms in total. The molecule has 0 bridgehead atoms. The minimum absolute atomic E-state index is 0.0967. The van der Waals surface area contributed by atoms with Crippen LogP contribution in [0, 0.1) is 30.3 Å². The van der Waals surface area contributed by atoms with E-state index >= 15 is 0 Å². The lowest BCUT2D eigenvalue weighted by Gasteiger charge is -2.27. The molecule has 0 saturated heterocycles. The van der Waals surface area contributed by atoms with Gasteiger partial charge in [-0.05, 0) is 73.6 Å². The Morgan fingerprint density at radius 1 is 0.962 bits per heavy atom. The molecule has 0 radical (unpaired) electrons. The zero-order valence-electron chi connectivity index (χ0n) is 15.4. The van der Waals surface area contributed by atoms with E-state index in [-0.39, 0.29) is 17.3 Å². The predicted molar refractivity (Wildman–Crippen MR) is 101 cm³/mol. The summed E-state index contributed by atoms with van der Waals surface area (Å²) in [5.74, 6) is -1.08. The fourth-order valence-electron chi connectivity index (χ4n) is 3.77. The maximum Gasteiger partial charge on any atom is 0.166 e. The first-order valence-corrected chi connectivity index (χ1v) is 9.40. The predicted octanol–water partition coefficient (Wildman–Crippen LogP) is 6.96. The maximum atomic E-state index is 14.3. The van der Waals surface area contributed by atoms with E-state index in [0.717, 1.165) is 43.2 Å². The van der Waals surface area contributed by atoms with Crippen molar-refractivity contribution < 1.29 is 13.2 Å². The summed E-state index contributed by atoms with van der Waals surface area (Å²) in [7, 11) is 0. The van der Waals surface area contributed by atoms with E-state index in [1.54, 1.807) is 31.2 Å². The number of aryl methyl sites for hydroxylation is 2. The van der Waals surface area contributed by atoms with Crippen molar-refractivity contribution in [2.24, 2.45) is 5.92 Å². The van der Waals surface area contributed by atoms with Gasteiger partial charge < -0.3 is 0 Å². The summed E-state index contributed by atoms with van der Waals surface area (Å²) in [6.07, 6.45) is 8.20. The van der Waals surface area contributed by atoms with Gasteiger partial charge in [-0.2, -0.15) is 0 Å². The van der Waals surface area contributed by atoms with E-state index in [9.17, 15) is 13.2 Å². The quantitative estimate of drug-likeness (QED) is 0.554. The highest BCUT2D eigenvalue weighted by Gasteiger charge is 2.23. The van der Waals surface area contributed by atoms with Crippen molar-refractivity contribution in [3.05, 3.63) is 76.1 Å². The molecular weight excluding hydrogens is 333 g/mol. The van der Waals surface area contributed by atoms with Gasteiger partial charge in [-0.25, -0.2) is 13.2 Å². The second kappa shape index (κ2) is 8.11. The number of allylic oxidation sites excluding steroid dienone is 1. The molecule has 0 aliphatic heterocycles. The van der Waals surface area contributed by atoms with Gasteiger partial charge >= 0.3 is 0 Å². The van der Waals surface area contributed by atoms with E-state index in [2.05, 4.69) is 0 Å². The summed E-state index contributed by atoms with van der Waals surface area (Å²) in [4.78, 5) is 0. The van der Waals surface area contributed by atoms with Crippen molar-refractivity contribution in [2.45, 2.75) is 51.9 Å². The lowest BCUT2D eigenvalue weighted by molar-refractivity contribution is 0.369. The molecule has 0 N–H and O–H groups in total. The van der Waals surface area contributed by atoms with Crippen LogP contribution in [0.4, 0.5) is 13.2 Å². The van der Waals surface area contributed by atoms with E-state index in [0.29, 0.717) is 11.5 Å². The first kappa shape index (κ1) is 18.8. The molecular formula is C23H25F3. The van der Waals surface area contributed by atoms with E-state index in [4.69, 9.17) is 0 Å². The van der Waals surface area contributed by atoms with Gasteiger partial charge in [0.2, 0.25) is 0 Å². The lowest BCUT2D eigenvalue weighted by atomic mass is 9.78. The molecule has 1 aliphatic rings. The minimum Gasteiger partial charge on any atom is -0.207 e. The molecule has 1 aliphatic carbocycles. The summed E-state index contributed by atoms with van der Waals surface area (Å²) in [6, 6.07) is 8.80. The van der Waals surface area contributed by atoms with Crippen LogP contribution in [0.1, 0.15) is 60.8 Å². The molecule has 3 rings (SSSR count). The van der Waals surface area contributed by atoms with Gasteiger partial charge in [0, 0.05) is 5.56 Å². The molecule has 0 spiro atoms. The standard InChI is InChI=1S/C23H25F3/c1-3-16-8-13-20(21(24)14-16)18-10-5-17(6-11-18)7-12-19-9-4-15(2)22(25)23(19)26/h4,7-9,12-14,17-18H,3,5-6,10-11H2,1-2H3/b12-7+. The summed E-state index contributed by atoms with van der Waals surface area (Å²) < 4.78 is 41.9. The van der Waals surface area contributed by atoms with Gasteiger partial charge in [0.05, 0.1) is 0 Å². The Balaban J connectivity index is 1.63. The van der Waals surface area contributed by atoms with Gasteiger partial charge in [-0.15, -0.1) is 0 Å². The zero-order valence-corrected chi connectivity index (χ0v) is 15.4. The third-order valence-corrected chi connectivity index (χ3v) is 5.54. The molecule has 0 aromatic heterocycles. The van der Waals surface area contributed by atoms with Crippen LogP contribution in [0.3, 0.4) is 0 Å². The lowest BCUT2D eigenvalue weighted by Crippen LogP contribution is -2.13. The monoisotopic (exact) mass is 358 g/mol. The summed E-state index contributed by atoms with van der Waals surface area (Å²) in [5.41, 5.74) is 2.44. The van der Waals surface area contributed by atoms with Crippen LogP contribution in [0.15, 0.2) is 36.4 Å². The second-order valence-electron chi connectivity index (χ2n) is 7.28. The van der Waals surface area contributed by atoms with Gasteiger partial charge in [0.25, 0.3) is 0 Å². The highest BCUT2D eigenvalue weighted by atomic mass is 19.2. The van der Waals surface area contributed by atoms with Crippen LogP contribution >= 0.6 is 0 Å². The average Bonchev–Trinajstić information content (AvgIpc) is 2.66. The van der Waals surface area contributed by atoms with Crippen LogP contribution in [0.2, 0.25) is 0 Å². The van der Waals surface area contributed by atoms with Crippen molar-refractivity contribution in [3.8, 4) is 0 Å². The number of rotatable bonds is 4. The SMILES string of the molecule is CCc1ccc(C2CCC(/C=C/c3ccc(C)c(F)c3F)CC2)c(F)c1. The van der Waals surface area contributed by atoms with E-state index in [1.807, 2.05) is 25.1 Å². The molecule has 1 saturated carbocycles. The van der Waals surface area contributed by atoms with Crippen molar-refractivity contribution in [3.63, 3.8) is 0 Å². The molecule has 3 heteroatoms. The first-order valence-electron chi connectivity index (χ1n) is 9.40. The number of hydrogen-bond donors (Lipinski definition) is 0. The van der Waals surface area contributed by atoms with Crippen molar-refractivity contribution >= 4 is 6.08 Å². The molecule has 26 heavy (non-hydrogen) atoms. The number of hydrogen-bond acceptors (Lipinski definition) is 0. The summed E-state index contributed by atoms with van der Waals surface area (Å²) in [5, 5.41) is 0. The van der Waals surface area contributed by atoms with Crippen molar-refractivity contribution in [1.29, 1.82) is 0 Å². The summed E-state index contributed by atoms with van der Waals surface area (Å²) in [6.45, 7) is 3.58. The van der Waals surface area contributed by atoms with Crippen LogP contribution < -0.4 is 0 Å². The fourth-order valence-corrected chi connectivity index (χ4v) is 3.77. The van der Waals surface area contributed by atoms with E-state index in [1.165, 1.54) is 0 Å². The third-order valence-electron chi connectivity index (χ3n) is 5.54. The van der Waals surface area contributed by atoms with E-state index < -0.39 is 11.6 Å².